The summed E-state index contributed by atoms with van der Waals surface area (Å²) in [6, 6.07) is 3.64. The molecule has 0 fully saturated rings. The van der Waals surface area contributed by atoms with Gasteiger partial charge in [-0.2, -0.15) is 13.2 Å². The number of hydrogen-bond donors (Lipinski definition) is 2. The first kappa shape index (κ1) is 17.3. The molecule has 6 heteroatoms. The van der Waals surface area contributed by atoms with Crippen LogP contribution >= 0.6 is 0 Å². The van der Waals surface area contributed by atoms with E-state index in [9.17, 15) is 18.0 Å². The van der Waals surface area contributed by atoms with Gasteiger partial charge in [0.25, 0.3) is 5.91 Å². The Morgan fingerprint density at radius 3 is 2.48 bits per heavy atom. The number of hydrogen-bond acceptors (Lipinski definition) is 2. The Bertz CT molecular complexity index is 472. The summed E-state index contributed by atoms with van der Waals surface area (Å²) in [5.74, 6) is -0.479. The van der Waals surface area contributed by atoms with E-state index in [0.29, 0.717) is 13.1 Å². The summed E-state index contributed by atoms with van der Waals surface area (Å²) < 4.78 is 39.0. The second-order valence-corrected chi connectivity index (χ2v) is 4.72. The third-order valence-electron chi connectivity index (χ3n) is 3.03. The Hall–Kier alpha value is -1.72. The Balaban J connectivity index is 2.97. The molecule has 0 saturated heterocycles. The van der Waals surface area contributed by atoms with Gasteiger partial charge >= 0.3 is 6.18 Å². The van der Waals surface area contributed by atoms with Gasteiger partial charge in [0.15, 0.2) is 0 Å². The maximum Gasteiger partial charge on any atom is 0.418 e. The molecule has 0 aliphatic rings. The average molecular weight is 302 g/mol. The van der Waals surface area contributed by atoms with Crippen molar-refractivity contribution in [3.63, 3.8) is 0 Å². The second kappa shape index (κ2) is 7.90. The van der Waals surface area contributed by atoms with E-state index in [-0.39, 0.29) is 11.3 Å². The minimum absolute atomic E-state index is 0.0307. The van der Waals surface area contributed by atoms with Crippen LogP contribution in [-0.4, -0.2) is 19.0 Å². The van der Waals surface area contributed by atoms with Crippen LogP contribution in [0.15, 0.2) is 18.2 Å². The molecular weight excluding hydrogens is 281 g/mol. The smallest absolute Gasteiger partial charge is 0.384 e. The molecule has 0 aliphatic carbocycles. The average Bonchev–Trinajstić information content (AvgIpc) is 2.42. The van der Waals surface area contributed by atoms with Crippen LogP contribution in [0, 0.1) is 0 Å². The van der Waals surface area contributed by atoms with Crippen molar-refractivity contribution < 1.29 is 18.0 Å². The number of anilines is 1. The number of alkyl halides is 3. The van der Waals surface area contributed by atoms with Gasteiger partial charge in [0, 0.05) is 13.1 Å². The SMILES string of the molecule is CCCCCNC(=O)c1cccc(C(F)(F)F)c1NCC. The van der Waals surface area contributed by atoms with Crippen LogP contribution in [0.2, 0.25) is 0 Å². The Labute approximate surface area is 122 Å². The topological polar surface area (TPSA) is 41.1 Å². The van der Waals surface area contributed by atoms with Gasteiger partial charge < -0.3 is 10.6 Å². The van der Waals surface area contributed by atoms with E-state index in [1.807, 2.05) is 6.92 Å². The predicted octanol–water partition coefficient (Wildman–Crippen LogP) is 4.06. The van der Waals surface area contributed by atoms with E-state index in [1.54, 1.807) is 6.92 Å². The molecule has 21 heavy (non-hydrogen) atoms. The van der Waals surface area contributed by atoms with Crippen LogP contribution in [0.3, 0.4) is 0 Å². The number of para-hydroxylation sites is 1. The van der Waals surface area contributed by atoms with E-state index in [2.05, 4.69) is 10.6 Å². The van der Waals surface area contributed by atoms with E-state index in [1.165, 1.54) is 12.1 Å². The summed E-state index contributed by atoms with van der Waals surface area (Å²) in [6.45, 7) is 4.51. The molecule has 1 amide bonds. The monoisotopic (exact) mass is 302 g/mol. The zero-order chi connectivity index (χ0) is 15.9. The second-order valence-electron chi connectivity index (χ2n) is 4.72. The molecule has 1 rings (SSSR count). The maximum atomic E-state index is 13.0. The molecule has 2 N–H and O–H groups in total. The lowest BCUT2D eigenvalue weighted by atomic mass is 10.1. The minimum Gasteiger partial charge on any atom is -0.384 e. The quantitative estimate of drug-likeness (QED) is 0.746. The van der Waals surface area contributed by atoms with Crippen LogP contribution in [0.1, 0.15) is 49.0 Å². The van der Waals surface area contributed by atoms with E-state index >= 15 is 0 Å². The van der Waals surface area contributed by atoms with Crippen molar-refractivity contribution in [2.45, 2.75) is 39.3 Å². The van der Waals surface area contributed by atoms with Gasteiger partial charge in [-0.1, -0.05) is 25.8 Å². The number of benzene rings is 1. The molecule has 0 radical (unpaired) electrons. The molecule has 0 unspecified atom stereocenters. The molecule has 0 spiro atoms. The number of unbranched alkanes of at least 4 members (excludes halogenated alkanes) is 2. The normalized spacial score (nSPS) is 11.3. The molecule has 0 saturated carbocycles. The van der Waals surface area contributed by atoms with E-state index in [0.717, 1.165) is 25.3 Å². The Morgan fingerprint density at radius 1 is 1.19 bits per heavy atom. The summed E-state index contributed by atoms with van der Waals surface area (Å²) in [5.41, 5.74) is -0.936. The van der Waals surface area contributed by atoms with Gasteiger partial charge in [-0.25, -0.2) is 0 Å². The molecule has 0 aromatic heterocycles. The molecule has 1 aromatic rings. The molecule has 0 bridgehead atoms. The first-order chi connectivity index (χ1) is 9.91. The zero-order valence-corrected chi connectivity index (χ0v) is 12.3. The molecule has 118 valence electrons. The van der Waals surface area contributed by atoms with Gasteiger partial charge in [0.2, 0.25) is 0 Å². The highest BCUT2D eigenvalue weighted by molar-refractivity contribution is 6.00. The van der Waals surface area contributed by atoms with Gasteiger partial charge in [-0.15, -0.1) is 0 Å². The highest BCUT2D eigenvalue weighted by atomic mass is 19.4. The first-order valence-electron chi connectivity index (χ1n) is 7.14. The highest BCUT2D eigenvalue weighted by Gasteiger charge is 2.35. The summed E-state index contributed by atoms with van der Waals surface area (Å²) >= 11 is 0. The fourth-order valence-corrected chi connectivity index (χ4v) is 2.02. The van der Waals surface area contributed by atoms with Crippen molar-refractivity contribution in [3.05, 3.63) is 29.3 Å². The molecule has 0 atom stereocenters. The lowest BCUT2D eigenvalue weighted by molar-refractivity contribution is -0.137. The summed E-state index contributed by atoms with van der Waals surface area (Å²) in [7, 11) is 0. The largest absolute Gasteiger partial charge is 0.418 e. The number of carbonyl (C=O) groups excluding carboxylic acids is 1. The van der Waals surface area contributed by atoms with Gasteiger partial charge in [-0.05, 0) is 25.5 Å². The van der Waals surface area contributed by atoms with Crippen molar-refractivity contribution >= 4 is 11.6 Å². The number of nitrogens with one attached hydrogen (secondary N) is 2. The fourth-order valence-electron chi connectivity index (χ4n) is 2.02. The Kier molecular flexibility index (Phi) is 6.52. The maximum absolute atomic E-state index is 13.0. The number of carbonyl (C=O) groups is 1. The fraction of sp³-hybridized carbons (Fsp3) is 0.533. The third kappa shape index (κ3) is 4.95. The summed E-state index contributed by atoms with van der Waals surface area (Å²) in [4.78, 5) is 12.1. The summed E-state index contributed by atoms with van der Waals surface area (Å²) in [6.07, 6.45) is -1.68. The van der Waals surface area contributed by atoms with Crippen LogP contribution in [0.5, 0.6) is 0 Å². The molecule has 1 aromatic carbocycles. The van der Waals surface area contributed by atoms with Crippen LogP contribution in [-0.2, 0) is 6.18 Å². The number of rotatable bonds is 7. The summed E-state index contributed by atoms with van der Waals surface area (Å²) in [5, 5.41) is 5.32. The zero-order valence-electron chi connectivity index (χ0n) is 12.3. The van der Waals surface area contributed by atoms with Crippen molar-refractivity contribution in [2.24, 2.45) is 0 Å². The number of amides is 1. The van der Waals surface area contributed by atoms with Crippen molar-refractivity contribution in [1.29, 1.82) is 0 Å². The molecule has 0 heterocycles. The number of halogens is 3. The van der Waals surface area contributed by atoms with Crippen LogP contribution in [0.25, 0.3) is 0 Å². The lowest BCUT2D eigenvalue weighted by Crippen LogP contribution is -2.26. The van der Waals surface area contributed by atoms with Crippen molar-refractivity contribution in [3.8, 4) is 0 Å². The molecular formula is C15H21F3N2O. The van der Waals surface area contributed by atoms with Gasteiger partial charge in [0.05, 0.1) is 16.8 Å². The van der Waals surface area contributed by atoms with Crippen LogP contribution in [0.4, 0.5) is 18.9 Å². The van der Waals surface area contributed by atoms with E-state index in [4.69, 9.17) is 0 Å². The third-order valence-corrected chi connectivity index (χ3v) is 3.03. The standard InChI is InChI=1S/C15H21F3N2O/c1-3-5-6-10-20-14(21)11-8-7-9-12(15(16,17)18)13(11)19-4-2/h7-9,19H,3-6,10H2,1-2H3,(H,20,21). The Morgan fingerprint density at radius 2 is 1.90 bits per heavy atom. The lowest BCUT2D eigenvalue weighted by Gasteiger charge is -2.17. The molecule has 3 nitrogen and oxygen atoms in total. The van der Waals surface area contributed by atoms with Crippen LogP contribution < -0.4 is 10.6 Å². The first-order valence-corrected chi connectivity index (χ1v) is 7.14. The van der Waals surface area contributed by atoms with Gasteiger partial charge in [0.1, 0.15) is 0 Å². The van der Waals surface area contributed by atoms with E-state index < -0.39 is 17.6 Å². The minimum atomic E-state index is -4.49. The predicted molar refractivity (Wildman–Crippen MR) is 77.5 cm³/mol. The van der Waals surface area contributed by atoms with Crippen molar-refractivity contribution in [2.75, 3.05) is 18.4 Å². The highest BCUT2D eigenvalue weighted by Crippen LogP contribution is 2.36. The molecule has 0 aliphatic heterocycles. The van der Waals surface area contributed by atoms with Gasteiger partial charge in [-0.3, -0.25) is 4.79 Å². The van der Waals surface area contributed by atoms with Crippen molar-refractivity contribution in [1.82, 2.24) is 5.32 Å².